The molecule has 0 radical (unpaired) electrons. The van der Waals surface area contributed by atoms with Gasteiger partial charge in [0, 0.05) is 44.2 Å². The van der Waals surface area contributed by atoms with Crippen molar-refractivity contribution in [3.05, 3.63) is 29.3 Å². The molecule has 1 aromatic rings. The summed E-state index contributed by atoms with van der Waals surface area (Å²) < 4.78 is 5.47. The van der Waals surface area contributed by atoms with Gasteiger partial charge in [-0.3, -0.25) is 14.5 Å². The third-order valence-corrected chi connectivity index (χ3v) is 4.63. The van der Waals surface area contributed by atoms with Crippen LogP contribution in [0, 0.1) is 0 Å². The van der Waals surface area contributed by atoms with Crippen LogP contribution in [0.4, 0.5) is 0 Å². The molecule has 6 heteroatoms. The van der Waals surface area contributed by atoms with E-state index in [2.05, 4.69) is 4.90 Å². The maximum Gasteiger partial charge on any atom is 0.304 e. The van der Waals surface area contributed by atoms with Crippen LogP contribution in [0.15, 0.2) is 18.2 Å². The van der Waals surface area contributed by atoms with E-state index in [9.17, 15) is 9.59 Å². The molecule has 3 rings (SSSR count). The fraction of sp³-hybridized carbons (Fsp3) is 0.529. The normalized spacial score (nSPS) is 19.1. The summed E-state index contributed by atoms with van der Waals surface area (Å²) >= 11 is 0. The summed E-state index contributed by atoms with van der Waals surface area (Å²) in [5.41, 5.74) is 1.81. The molecule has 6 nitrogen and oxygen atoms in total. The van der Waals surface area contributed by atoms with Crippen molar-refractivity contribution < 1.29 is 19.4 Å². The fourth-order valence-corrected chi connectivity index (χ4v) is 3.25. The van der Waals surface area contributed by atoms with E-state index in [4.69, 9.17) is 9.84 Å². The number of hydrogen-bond donors (Lipinski definition) is 1. The molecule has 0 spiro atoms. The predicted molar refractivity (Wildman–Crippen MR) is 84.8 cm³/mol. The fourth-order valence-electron chi connectivity index (χ4n) is 3.25. The molecule has 2 aliphatic heterocycles. The van der Waals surface area contributed by atoms with Crippen molar-refractivity contribution in [2.24, 2.45) is 0 Å². The maximum atomic E-state index is 12.6. The van der Waals surface area contributed by atoms with Gasteiger partial charge in [0.25, 0.3) is 5.91 Å². The Morgan fingerprint density at radius 3 is 2.70 bits per heavy atom. The van der Waals surface area contributed by atoms with Crippen molar-refractivity contribution in [3.63, 3.8) is 0 Å². The Balaban J connectivity index is 1.59. The van der Waals surface area contributed by atoms with Crippen molar-refractivity contribution in [2.45, 2.75) is 25.8 Å². The Bertz CT molecular complexity index is 609. The van der Waals surface area contributed by atoms with E-state index in [0.717, 1.165) is 17.7 Å². The highest BCUT2D eigenvalue weighted by Crippen LogP contribution is 2.26. The average molecular weight is 318 g/mol. The lowest BCUT2D eigenvalue weighted by atomic mass is 10.1. The Morgan fingerprint density at radius 1 is 1.26 bits per heavy atom. The molecule has 0 bridgehead atoms. The lowest BCUT2D eigenvalue weighted by Crippen LogP contribution is -2.51. The summed E-state index contributed by atoms with van der Waals surface area (Å²) in [7, 11) is 0. The van der Waals surface area contributed by atoms with Crippen LogP contribution in [-0.4, -0.2) is 65.6 Å². The highest BCUT2D eigenvalue weighted by Gasteiger charge is 2.26. The molecule has 0 saturated carbocycles. The van der Waals surface area contributed by atoms with Crippen LogP contribution in [0.3, 0.4) is 0 Å². The first-order valence-electron chi connectivity index (χ1n) is 8.05. The number of carbonyl (C=O) groups excluding carboxylic acids is 1. The summed E-state index contributed by atoms with van der Waals surface area (Å²) in [6, 6.07) is 5.64. The monoisotopic (exact) mass is 318 g/mol. The molecule has 2 heterocycles. The molecular weight excluding hydrogens is 296 g/mol. The first kappa shape index (κ1) is 15.8. The zero-order chi connectivity index (χ0) is 16.4. The van der Waals surface area contributed by atoms with Crippen LogP contribution in [-0.2, 0) is 11.2 Å². The highest BCUT2D eigenvalue weighted by molar-refractivity contribution is 5.94. The van der Waals surface area contributed by atoms with E-state index in [-0.39, 0.29) is 18.4 Å². The molecule has 23 heavy (non-hydrogen) atoms. The molecule has 1 saturated heterocycles. The summed E-state index contributed by atoms with van der Waals surface area (Å²) in [6.45, 7) is 5.31. The first-order chi connectivity index (χ1) is 11.0. The number of fused-ring (bicyclic) bond motifs is 1. The van der Waals surface area contributed by atoms with Crippen LogP contribution in [0.5, 0.6) is 5.75 Å². The van der Waals surface area contributed by atoms with E-state index in [1.165, 1.54) is 0 Å². The molecule has 1 N–H and O–H groups in total. The zero-order valence-corrected chi connectivity index (χ0v) is 13.3. The van der Waals surface area contributed by atoms with Crippen molar-refractivity contribution in [3.8, 4) is 5.75 Å². The van der Waals surface area contributed by atoms with Gasteiger partial charge in [0.1, 0.15) is 5.75 Å². The summed E-state index contributed by atoms with van der Waals surface area (Å²) in [6.07, 6.45) is 0.996. The van der Waals surface area contributed by atoms with E-state index in [1.54, 1.807) is 0 Å². The SMILES string of the molecule is CC(CC(=O)O)N1CCN(C(=O)c2ccc3c(c2)CCO3)CC1. The number of hydrogen-bond acceptors (Lipinski definition) is 4. The largest absolute Gasteiger partial charge is 0.493 e. The van der Waals surface area contributed by atoms with E-state index >= 15 is 0 Å². The van der Waals surface area contributed by atoms with Gasteiger partial charge in [0.05, 0.1) is 13.0 Å². The smallest absolute Gasteiger partial charge is 0.304 e. The van der Waals surface area contributed by atoms with Gasteiger partial charge >= 0.3 is 5.97 Å². The van der Waals surface area contributed by atoms with E-state index in [0.29, 0.717) is 38.3 Å². The molecule has 1 fully saturated rings. The number of amides is 1. The zero-order valence-electron chi connectivity index (χ0n) is 13.3. The molecule has 1 amide bonds. The molecule has 1 atom stereocenters. The number of carbonyl (C=O) groups is 2. The number of rotatable bonds is 4. The lowest BCUT2D eigenvalue weighted by Gasteiger charge is -2.37. The minimum Gasteiger partial charge on any atom is -0.493 e. The molecule has 0 aliphatic carbocycles. The van der Waals surface area contributed by atoms with Crippen LogP contribution >= 0.6 is 0 Å². The second-order valence-corrected chi connectivity index (χ2v) is 6.20. The van der Waals surface area contributed by atoms with Crippen molar-refractivity contribution in [2.75, 3.05) is 32.8 Å². The number of carboxylic acids is 1. The van der Waals surface area contributed by atoms with Crippen LogP contribution in [0.25, 0.3) is 0 Å². The Labute approximate surface area is 135 Å². The molecule has 2 aliphatic rings. The topological polar surface area (TPSA) is 70.1 Å². The average Bonchev–Trinajstić information content (AvgIpc) is 3.01. The Morgan fingerprint density at radius 2 is 2.00 bits per heavy atom. The van der Waals surface area contributed by atoms with Gasteiger partial charge in [-0.15, -0.1) is 0 Å². The van der Waals surface area contributed by atoms with Crippen molar-refractivity contribution in [1.29, 1.82) is 0 Å². The standard InChI is InChI=1S/C17H22N2O4/c1-12(10-16(20)21)18-5-7-19(8-6-18)17(22)14-2-3-15-13(11-14)4-9-23-15/h2-3,11-12H,4-10H2,1H3,(H,20,21). The number of aliphatic carboxylic acids is 1. The third-order valence-electron chi connectivity index (χ3n) is 4.63. The molecule has 124 valence electrons. The summed E-state index contributed by atoms with van der Waals surface area (Å²) in [5.74, 6) is 0.149. The van der Waals surface area contributed by atoms with E-state index < -0.39 is 5.97 Å². The quantitative estimate of drug-likeness (QED) is 0.904. The highest BCUT2D eigenvalue weighted by atomic mass is 16.5. The molecule has 1 unspecified atom stereocenters. The minimum atomic E-state index is -0.781. The minimum absolute atomic E-state index is 0.00175. The van der Waals surface area contributed by atoms with Gasteiger partial charge in [0.15, 0.2) is 0 Å². The van der Waals surface area contributed by atoms with Crippen molar-refractivity contribution in [1.82, 2.24) is 9.80 Å². The molecule has 1 aromatic carbocycles. The second kappa shape index (κ2) is 6.58. The summed E-state index contributed by atoms with van der Waals surface area (Å²) in [4.78, 5) is 27.4. The van der Waals surface area contributed by atoms with Gasteiger partial charge in [-0.1, -0.05) is 0 Å². The number of nitrogens with zero attached hydrogens (tertiary/aromatic N) is 2. The van der Waals surface area contributed by atoms with Gasteiger partial charge in [0.2, 0.25) is 0 Å². The maximum absolute atomic E-state index is 12.6. The Hall–Kier alpha value is -2.08. The lowest BCUT2D eigenvalue weighted by molar-refractivity contribution is -0.138. The van der Waals surface area contributed by atoms with E-state index in [1.807, 2.05) is 30.0 Å². The number of ether oxygens (including phenoxy) is 1. The predicted octanol–water partition coefficient (Wildman–Crippen LogP) is 1.24. The van der Waals surface area contributed by atoms with Crippen LogP contribution < -0.4 is 4.74 Å². The van der Waals surface area contributed by atoms with Crippen LogP contribution in [0.2, 0.25) is 0 Å². The van der Waals surface area contributed by atoms with Crippen LogP contribution in [0.1, 0.15) is 29.3 Å². The van der Waals surface area contributed by atoms with Gasteiger partial charge in [-0.05, 0) is 30.7 Å². The number of carboxylic acid groups (broad SMARTS) is 1. The van der Waals surface area contributed by atoms with Crippen molar-refractivity contribution >= 4 is 11.9 Å². The van der Waals surface area contributed by atoms with Gasteiger partial charge < -0.3 is 14.7 Å². The number of benzene rings is 1. The number of piperazine rings is 1. The summed E-state index contributed by atoms with van der Waals surface area (Å²) in [5, 5.41) is 8.88. The Kier molecular flexibility index (Phi) is 4.52. The third kappa shape index (κ3) is 3.47. The first-order valence-corrected chi connectivity index (χ1v) is 8.05. The molecule has 0 aromatic heterocycles. The van der Waals surface area contributed by atoms with Gasteiger partial charge in [-0.25, -0.2) is 0 Å². The second-order valence-electron chi connectivity index (χ2n) is 6.20. The molecular formula is C17H22N2O4. The van der Waals surface area contributed by atoms with Gasteiger partial charge in [-0.2, -0.15) is 0 Å².